The molecule has 0 unspecified atom stereocenters. The third-order valence-corrected chi connectivity index (χ3v) is 4.43. The highest BCUT2D eigenvalue weighted by molar-refractivity contribution is 5.91. The molecule has 0 aliphatic rings. The SMILES string of the molecule is CCCCCCOc1ccc(/C=C/C(=O)NCCc2ccccc2)cc1OC. The first kappa shape index (κ1) is 21.5. The van der Waals surface area contributed by atoms with E-state index in [0.717, 1.165) is 24.2 Å². The van der Waals surface area contributed by atoms with Crippen molar-refractivity contribution >= 4 is 12.0 Å². The standard InChI is InChI=1S/C24H31NO3/c1-3-4-5-9-18-28-22-14-12-21(19-23(22)27-2)13-15-24(26)25-17-16-20-10-7-6-8-11-20/h6-8,10-15,19H,3-5,9,16-18H2,1-2H3,(H,25,26)/b15-13+. The molecule has 2 aromatic rings. The van der Waals surface area contributed by atoms with E-state index >= 15 is 0 Å². The lowest BCUT2D eigenvalue weighted by Crippen LogP contribution is -2.23. The van der Waals surface area contributed by atoms with Gasteiger partial charge in [0.1, 0.15) is 0 Å². The summed E-state index contributed by atoms with van der Waals surface area (Å²) in [7, 11) is 1.63. The topological polar surface area (TPSA) is 47.6 Å². The molecule has 1 N–H and O–H groups in total. The fraction of sp³-hybridized carbons (Fsp3) is 0.375. The number of benzene rings is 2. The number of nitrogens with one attached hydrogen (secondary N) is 1. The van der Waals surface area contributed by atoms with Crippen LogP contribution >= 0.6 is 0 Å². The zero-order valence-electron chi connectivity index (χ0n) is 16.9. The Bertz CT molecular complexity index is 741. The molecule has 0 radical (unpaired) electrons. The van der Waals surface area contributed by atoms with Crippen LogP contribution in [0, 0.1) is 0 Å². The van der Waals surface area contributed by atoms with Crippen molar-refractivity contribution < 1.29 is 14.3 Å². The molecule has 0 fully saturated rings. The molecule has 0 saturated heterocycles. The van der Waals surface area contributed by atoms with E-state index in [-0.39, 0.29) is 5.91 Å². The molecular weight excluding hydrogens is 350 g/mol. The summed E-state index contributed by atoms with van der Waals surface area (Å²) in [5.74, 6) is 1.32. The van der Waals surface area contributed by atoms with Crippen molar-refractivity contribution in [3.63, 3.8) is 0 Å². The maximum atomic E-state index is 12.0. The lowest BCUT2D eigenvalue weighted by Gasteiger charge is -2.11. The van der Waals surface area contributed by atoms with Gasteiger partial charge in [-0.15, -0.1) is 0 Å². The number of amides is 1. The van der Waals surface area contributed by atoms with Crippen LogP contribution in [0.1, 0.15) is 43.7 Å². The van der Waals surface area contributed by atoms with E-state index in [0.29, 0.717) is 18.9 Å². The second-order valence-electron chi connectivity index (χ2n) is 6.68. The molecule has 0 atom stereocenters. The van der Waals surface area contributed by atoms with Crippen molar-refractivity contribution in [2.24, 2.45) is 0 Å². The van der Waals surface area contributed by atoms with E-state index in [1.807, 2.05) is 36.4 Å². The van der Waals surface area contributed by atoms with Crippen molar-refractivity contribution in [1.82, 2.24) is 5.32 Å². The predicted molar refractivity (Wildman–Crippen MR) is 115 cm³/mol. The van der Waals surface area contributed by atoms with Gasteiger partial charge in [0, 0.05) is 12.6 Å². The molecule has 0 aliphatic carbocycles. The summed E-state index contributed by atoms with van der Waals surface area (Å²) >= 11 is 0. The van der Waals surface area contributed by atoms with Crippen molar-refractivity contribution in [1.29, 1.82) is 0 Å². The van der Waals surface area contributed by atoms with Crippen LogP contribution < -0.4 is 14.8 Å². The molecule has 4 heteroatoms. The summed E-state index contributed by atoms with van der Waals surface area (Å²) in [6.45, 7) is 3.50. The summed E-state index contributed by atoms with van der Waals surface area (Å²) in [6.07, 6.45) is 8.82. The third kappa shape index (κ3) is 7.87. The average molecular weight is 382 g/mol. The van der Waals surface area contributed by atoms with Crippen molar-refractivity contribution in [3.8, 4) is 11.5 Å². The van der Waals surface area contributed by atoms with E-state index in [9.17, 15) is 4.79 Å². The van der Waals surface area contributed by atoms with Gasteiger partial charge in [0.05, 0.1) is 13.7 Å². The van der Waals surface area contributed by atoms with Gasteiger partial charge in [0.2, 0.25) is 5.91 Å². The summed E-state index contributed by atoms with van der Waals surface area (Å²) < 4.78 is 11.2. The highest BCUT2D eigenvalue weighted by Crippen LogP contribution is 2.28. The Hall–Kier alpha value is -2.75. The summed E-state index contributed by atoms with van der Waals surface area (Å²) in [5.41, 5.74) is 2.11. The van der Waals surface area contributed by atoms with Gasteiger partial charge in [-0.3, -0.25) is 4.79 Å². The van der Waals surface area contributed by atoms with Crippen LogP contribution in [0.5, 0.6) is 11.5 Å². The Balaban J connectivity index is 1.80. The first-order valence-electron chi connectivity index (χ1n) is 10.0. The molecule has 0 aliphatic heterocycles. The quantitative estimate of drug-likeness (QED) is 0.414. The van der Waals surface area contributed by atoms with E-state index in [1.54, 1.807) is 19.3 Å². The number of hydrogen-bond donors (Lipinski definition) is 1. The Morgan fingerprint density at radius 1 is 1.04 bits per heavy atom. The number of methoxy groups -OCH3 is 1. The van der Waals surface area contributed by atoms with Gasteiger partial charge in [-0.25, -0.2) is 0 Å². The molecule has 2 aromatic carbocycles. The summed E-state index contributed by atoms with van der Waals surface area (Å²) in [4.78, 5) is 12.0. The van der Waals surface area contributed by atoms with Gasteiger partial charge < -0.3 is 14.8 Å². The Kier molecular flexibility index (Phi) is 9.70. The minimum absolute atomic E-state index is 0.105. The number of rotatable bonds is 12. The largest absolute Gasteiger partial charge is 0.493 e. The Labute approximate surface area is 168 Å². The minimum atomic E-state index is -0.105. The van der Waals surface area contributed by atoms with Gasteiger partial charge in [0.15, 0.2) is 11.5 Å². The molecule has 1 amide bonds. The van der Waals surface area contributed by atoms with E-state index in [4.69, 9.17) is 9.47 Å². The fourth-order valence-corrected chi connectivity index (χ4v) is 2.82. The van der Waals surface area contributed by atoms with Crippen LogP contribution in [0.4, 0.5) is 0 Å². The number of carbonyl (C=O) groups excluding carboxylic acids is 1. The Morgan fingerprint density at radius 3 is 2.61 bits per heavy atom. The number of hydrogen-bond acceptors (Lipinski definition) is 3. The Morgan fingerprint density at radius 2 is 1.86 bits per heavy atom. The number of carbonyl (C=O) groups is 1. The maximum Gasteiger partial charge on any atom is 0.244 e. The zero-order valence-corrected chi connectivity index (χ0v) is 16.9. The first-order valence-corrected chi connectivity index (χ1v) is 10.0. The van der Waals surface area contributed by atoms with Crippen molar-refractivity contribution in [2.75, 3.05) is 20.3 Å². The summed E-state index contributed by atoms with van der Waals surface area (Å²) in [6, 6.07) is 15.8. The molecule has 4 nitrogen and oxygen atoms in total. The van der Waals surface area contributed by atoms with Crippen LogP contribution in [0.25, 0.3) is 6.08 Å². The molecule has 0 heterocycles. The maximum absolute atomic E-state index is 12.0. The lowest BCUT2D eigenvalue weighted by atomic mass is 10.1. The molecule has 2 rings (SSSR count). The monoisotopic (exact) mass is 381 g/mol. The van der Waals surface area contributed by atoms with Crippen LogP contribution in [-0.2, 0) is 11.2 Å². The van der Waals surface area contributed by atoms with Crippen LogP contribution in [0.3, 0.4) is 0 Å². The predicted octanol–water partition coefficient (Wildman–Crippen LogP) is 5.03. The van der Waals surface area contributed by atoms with E-state index in [2.05, 4.69) is 24.4 Å². The van der Waals surface area contributed by atoms with Gasteiger partial charge >= 0.3 is 0 Å². The van der Waals surface area contributed by atoms with Crippen molar-refractivity contribution in [2.45, 2.75) is 39.0 Å². The van der Waals surface area contributed by atoms with Gasteiger partial charge in [0.25, 0.3) is 0 Å². The van der Waals surface area contributed by atoms with Gasteiger partial charge in [-0.1, -0.05) is 62.6 Å². The third-order valence-electron chi connectivity index (χ3n) is 4.43. The van der Waals surface area contributed by atoms with Gasteiger partial charge in [-0.2, -0.15) is 0 Å². The number of unbranched alkanes of at least 4 members (excludes halogenated alkanes) is 3. The first-order chi connectivity index (χ1) is 13.7. The fourth-order valence-electron chi connectivity index (χ4n) is 2.82. The van der Waals surface area contributed by atoms with Crippen LogP contribution in [-0.4, -0.2) is 26.2 Å². The molecule has 28 heavy (non-hydrogen) atoms. The normalized spacial score (nSPS) is 10.8. The average Bonchev–Trinajstić information content (AvgIpc) is 2.73. The van der Waals surface area contributed by atoms with E-state index < -0.39 is 0 Å². The molecular formula is C24H31NO3. The molecule has 150 valence electrons. The van der Waals surface area contributed by atoms with Gasteiger partial charge in [-0.05, 0) is 42.2 Å². The van der Waals surface area contributed by atoms with Crippen molar-refractivity contribution in [3.05, 3.63) is 65.7 Å². The highest BCUT2D eigenvalue weighted by Gasteiger charge is 2.05. The lowest BCUT2D eigenvalue weighted by molar-refractivity contribution is -0.116. The van der Waals surface area contributed by atoms with Crippen LogP contribution in [0.2, 0.25) is 0 Å². The minimum Gasteiger partial charge on any atom is -0.493 e. The highest BCUT2D eigenvalue weighted by atomic mass is 16.5. The van der Waals surface area contributed by atoms with Crippen LogP contribution in [0.15, 0.2) is 54.6 Å². The summed E-state index contributed by atoms with van der Waals surface area (Å²) in [5, 5.41) is 2.90. The second-order valence-corrected chi connectivity index (χ2v) is 6.68. The molecule has 0 saturated carbocycles. The second kappa shape index (κ2) is 12.6. The molecule has 0 aromatic heterocycles. The number of ether oxygens (including phenoxy) is 2. The zero-order chi connectivity index (χ0) is 20.0. The molecule has 0 bridgehead atoms. The molecule has 0 spiro atoms. The smallest absolute Gasteiger partial charge is 0.244 e. The van der Waals surface area contributed by atoms with E-state index in [1.165, 1.54) is 24.8 Å².